The molecule has 0 aliphatic carbocycles. The molecule has 14 heavy (non-hydrogen) atoms. The van der Waals surface area contributed by atoms with Gasteiger partial charge in [0.15, 0.2) is 0 Å². The summed E-state index contributed by atoms with van der Waals surface area (Å²) >= 11 is 0. The fourth-order valence-electron chi connectivity index (χ4n) is 1.10. The number of unbranched alkanes of at least 4 members (excludes halogenated alkanes) is 5. The van der Waals surface area contributed by atoms with Crippen molar-refractivity contribution >= 4 is 7.91 Å². The standard InChI is InChI=1S/C9H18FO3P/c1-2-3-4-5-6-7-8-9-13-14(10,11)12/h2H,1,3-9H2,(H,11,12). The van der Waals surface area contributed by atoms with Gasteiger partial charge in [-0.25, -0.2) is 4.57 Å². The van der Waals surface area contributed by atoms with E-state index in [1.165, 1.54) is 0 Å². The number of rotatable bonds is 9. The van der Waals surface area contributed by atoms with Gasteiger partial charge in [-0.15, -0.1) is 10.8 Å². The van der Waals surface area contributed by atoms with E-state index in [1.54, 1.807) is 0 Å². The minimum Gasteiger partial charge on any atom is -0.299 e. The van der Waals surface area contributed by atoms with Gasteiger partial charge in [-0.3, -0.25) is 9.42 Å². The molecule has 0 fully saturated rings. The average Bonchev–Trinajstić information content (AvgIpc) is 2.08. The van der Waals surface area contributed by atoms with Gasteiger partial charge in [0.25, 0.3) is 0 Å². The second-order valence-corrected chi connectivity index (χ2v) is 4.29. The minimum atomic E-state index is -4.75. The smallest absolute Gasteiger partial charge is 0.299 e. The number of hydrogen-bond acceptors (Lipinski definition) is 2. The van der Waals surface area contributed by atoms with Gasteiger partial charge in [0.2, 0.25) is 0 Å². The molecule has 0 rings (SSSR count). The van der Waals surface area contributed by atoms with Gasteiger partial charge >= 0.3 is 7.91 Å². The van der Waals surface area contributed by atoms with Gasteiger partial charge in [0.05, 0.1) is 6.61 Å². The van der Waals surface area contributed by atoms with Gasteiger partial charge in [-0.2, -0.15) is 0 Å². The second-order valence-electron chi connectivity index (χ2n) is 3.13. The van der Waals surface area contributed by atoms with Crippen LogP contribution < -0.4 is 0 Å². The topological polar surface area (TPSA) is 46.5 Å². The first-order valence-corrected chi connectivity index (χ1v) is 6.31. The summed E-state index contributed by atoms with van der Waals surface area (Å²) in [6.07, 6.45) is 7.70. The van der Waals surface area contributed by atoms with E-state index in [0.29, 0.717) is 6.42 Å². The van der Waals surface area contributed by atoms with Crippen LogP contribution in [0.25, 0.3) is 0 Å². The molecule has 0 amide bonds. The summed E-state index contributed by atoms with van der Waals surface area (Å²) in [6, 6.07) is 0. The molecule has 1 unspecified atom stereocenters. The maximum Gasteiger partial charge on any atom is 0.510 e. The van der Waals surface area contributed by atoms with Gasteiger partial charge in [0.1, 0.15) is 0 Å². The Kier molecular flexibility index (Phi) is 8.05. The molecule has 3 nitrogen and oxygen atoms in total. The van der Waals surface area contributed by atoms with E-state index in [9.17, 15) is 8.76 Å². The van der Waals surface area contributed by atoms with Gasteiger partial charge in [0, 0.05) is 0 Å². The van der Waals surface area contributed by atoms with E-state index < -0.39 is 7.91 Å². The maximum atomic E-state index is 11.9. The van der Waals surface area contributed by atoms with E-state index in [1.807, 2.05) is 6.08 Å². The quantitative estimate of drug-likeness (QED) is 0.369. The highest BCUT2D eigenvalue weighted by atomic mass is 31.2. The highest BCUT2D eigenvalue weighted by Gasteiger charge is 2.15. The Bertz CT molecular complexity index is 190. The highest BCUT2D eigenvalue weighted by Crippen LogP contribution is 2.43. The van der Waals surface area contributed by atoms with Crippen LogP contribution in [0.4, 0.5) is 4.20 Å². The summed E-state index contributed by atoms with van der Waals surface area (Å²) < 4.78 is 26.1. The molecule has 0 aromatic carbocycles. The minimum absolute atomic E-state index is 0.0196. The van der Waals surface area contributed by atoms with Crippen LogP contribution in [0, 0.1) is 0 Å². The van der Waals surface area contributed by atoms with Crippen LogP contribution in [-0.2, 0) is 9.09 Å². The van der Waals surface area contributed by atoms with Crippen LogP contribution in [0.15, 0.2) is 12.7 Å². The van der Waals surface area contributed by atoms with Crippen molar-refractivity contribution in [3.63, 3.8) is 0 Å². The molecule has 0 spiro atoms. The van der Waals surface area contributed by atoms with E-state index in [2.05, 4.69) is 11.1 Å². The van der Waals surface area contributed by atoms with E-state index >= 15 is 0 Å². The summed E-state index contributed by atoms with van der Waals surface area (Å²) in [6.45, 7) is 3.63. The first-order chi connectivity index (χ1) is 6.56. The van der Waals surface area contributed by atoms with Gasteiger partial charge < -0.3 is 0 Å². The number of hydrogen-bond donors (Lipinski definition) is 1. The third kappa shape index (κ3) is 11.8. The molecule has 84 valence electrons. The maximum absolute atomic E-state index is 11.9. The lowest BCUT2D eigenvalue weighted by Gasteiger charge is -2.02. The van der Waals surface area contributed by atoms with Gasteiger partial charge in [-0.1, -0.05) is 25.3 Å². The van der Waals surface area contributed by atoms with Crippen molar-refractivity contribution in [2.24, 2.45) is 0 Å². The molecule has 0 aromatic rings. The Morgan fingerprint density at radius 3 is 2.43 bits per heavy atom. The van der Waals surface area contributed by atoms with Crippen LogP contribution >= 0.6 is 7.91 Å². The zero-order chi connectivity index (χ0) is 10.9. The summed E-state index contributed by atoms with van der Waals surface area (Å²) in [4.78, 5) is 8.15. The predicted octanol–water partition coefficient (Wildman–Crippen LogP) is 3.60. The summed E-state index contributed by atoms with van der Waals surface area (Å²) in [7, 11) is -4.75. The molecule has 0 aromatic heterocycles. The lowest BCUT2D eigenvalue weighted by Crippen LogP contribution is -1.90. The third-order valence-corrected chi connectivity index (χ3v) is 2.30. The van der Waals surface area contributed by atoms with E-state index in [4.69, 9.17) is 4.89 Å². The molecule has 0 bridgehead atoms. The first-order valence-electron chi connectivity index (χ1n) is 4.84. The molecule has 0 aliphatic rings. The van der Waals surface area contributed by atoms with Crippen molar-refractivity contribution in [2.45, 2.75) is 38.5 Å². The number of halogens is 1. The molecular weight excluding hydrogens is 206 g/mol. The van der Waals surface area contributed by atoms with E-state index in [0.717, 1.165) is 32.1 Å². The molecule has 5 heteroatoms. The Labute approximate surface area is 84.6 Å². The molecule has 1 atom stereocenters. The molecule has 0 heterocycles. The second kappa shape index (κ2) is 8.16. The van der Waals surface area contributed by atoms with Crippen molar-refractivity contribution in [1.82, 2.24) is 0 Å². The normalized spacial score (nSPS) is 15.0. The fraction of sp³-hybridized carbons (Fsp3) is 0.778. The lowest BCUT2D eigenvalue weighted by molar-refractivity contribution is 0.221. The molecule has 0 radical (unpaired) electrons. The summed E-state index contributed by atoms with van der Waals surface area (Å²) in [5.74, 6) is 0. The van der Waals surface area contributed by atoms with Crippen LogP contribution in [0.5, 0.6) is 0 Å². The fourth-order valence-corrected chi connectivity index (χ4v) is 1.45. The lowest BCUT2D eigenvalue weighted by atomic mass is 10.1. The molecule has 0 saturated carbocycles. The zero-order valence-corrected chi connectivity index (χ0v) is 9.22. The first kappa shape index (κ1) is 13.8. The van der Waals surface area contributed by atoms with Crippen molar-refractivity contribution in [3.05, 3.63) is 12.7 Å². The van der Waals surface area contributed by atoms with Crippen LogP contribution in [0.3, 0.4) is 0 Å². The van der Waals surface area contributed by atoms with Crippen LogP contribution in [-0.4, -0.2) is 11.5 Å². The summed E-state index contributed by atoms with van der Waals surface area (Å²) in [5.41, 5.74) is 0. The average molecular weight is 224 g/mol. The highest BCUT2D eigenvalue weighted by molar-refractivity contribution is 7.46. The third-order valence-electron chi connectivity index (χ3n) is 1.80. The predicted molar refractivity (Wildman–Crippen MR) is 54.8 cm³/mol. The zero-order valence-electron chi connectivity index (χ0n) is 8.32. The van der Waals surface area contributed by atoms with E-state index in [-0.39, 0.29) is 6.61 Å². The van der Waals surface area contributed by atoms with Crippen LogP contribution in [0.2, 0.25) is 0 Å². The van der Waals surface area contributed by atoms with Crippen molar-refractivity contribution in [3.8, 4) is 0 Å². The van der Waals surface area contributed by atoms with Crippen molar-refractivity contribution in [1.29, 1.82) is 0 Å². The molecular formula is C9H18FO3P. The summed E-state index contributed by atoms with van der Waals surface area (Å²) in [5, 5.41) is 0. The monoisotopic (exact) mass is 224 g/mol. The Hall–Kier alpha value is -0.180. The van der Waals surface area contributed by atoms with Gasteiger partial charge in [-0.05, 0) is 19.3 Å². The Balaban J connectivity index is 3.07. The molecule has 0 aliphatic heterocycles. The Morgan fingerprint density at radius 1 is 1.29 bits per heavy atom. The Morgan fingerprint density at radius 2 is 1.86 bits per heavy atom. The largest absolute Gasteiger partial charge is 0.510 e. The number of allylic oxidation sites excluding steroid dienone is 1. The molecule has 0 saturated heterocycles. The van der Waals surface area contributed by atoms with Crippen molar-refractivity contribution in [2.75, 3.05) is 6.61 Å². The molecule has 1 N–H and O–H groups in total. The van der Waals surface area contributed by atoms with Crippen molar-refractivity contribution < 1.29 is 18.2 Å². The SMILES string of the molecule is C=CCCCCCCCOP(=O)(O)F. The van der Waals surface area contributed by atoms with Crippen LogP contribution in [0.1, 0.15) is 38.5 Å².